The number of amides is 1. The zero-order valence-electron chi connectivity index (χ0n) is 11.0. The molecule has 0 bridgehead atoms. The number of aryl methyl sites for hydroxylation is 1. The van der Waals surface area contributed by atoms with E-state index in [0.29, 0.717) is 11.3 Å². The standard InChI is InChI=1S/C13H16INO4/c1-8-4-5-9(6-11(8)18-2)12(16)15-7-10(14)13(17)19-3/h4-6,10H,7H2,1-3H3,(H,15,16). The number of carbonyl (C=O) groups excluding carboxylic acids is 2. The molecule has 1 rings (SSSR count). The van der Waals surface area contributed by atoms with Crippen molar-refractivity contribution in [2.45, 2.75) is 10.8 Å². The fraction of sp³-hybridized carbons (Fsp3) is 0.385. The Morgan fingerprint density at radius 1 is 1.37 bits per heavy atom. The fourth-order valence-electron chi connectivity index (χ4n) is 1.46. The summed E-state index contributed by atoms with van der Waals surface area (Å²) < 4.78 is 9.34. The van der Waals surface area contributed by atoms with E-state index in [1.54, 1.807) is 19.2 Å². The van der Waals surface area contributed by atoms with Crippen LogP contribution in [0.3, 0.4) is 0 Å². The summed E-state index contributed by atoms with van der Waals surface area (Å²) in [5, 5.41) is 2.68. The topological polar surface area (TPSA) is 64.6 Å². The maximum Gasteiger partial charge on any atom is 0.320 e. The second kappa shape index (κ2) is 7.32. The second-order valence-electron chi connectivity index (χ2n) is 3.89. The third-order valence-electron chi connectivity index (χ3n) is 2.57. The van der Waals surface area contributed by atoms with Gasteiger partial charge in [0.2, 0.25) is 0 Å². The summed E-state index contributed by atoms with van der Waals surface area (Å²) in [6.07, 6.45) is 0. The van der Waals surface area contributed by atoms with Gasteiger partial charge in [-0.25, -0.2) is 0 Å². The Balaban J connectivity index is 2.66. The Hall–Kier alpha value is -1.31. The summed E-state index contributed by atoms with van der Waals surface area (Å²) in [6.45, 7) is 2.13. The normalized spacial score (nSPS) is 11.6. The zero-order chi connectivity index (χ0) is 14.4. The Morgan fingerprint density at radius 2 is 2.05 bits per heavy atom. The van der Waals surface area contributed by atoms with E-state index in [1.165, 1.54) is 7.11 Å². The van der Waals surface area contributed by atoms with Crippen molar-refractivity contribution in [2.24, 2.45) is 0 Å². The minimum absolute atomic E-state index is 0.224. The maximum absolute atomic E-state index is 11.9. The molecular weight excluding hydrogens is 361 g/mol. The smallest absolute Gasteiger partial charge is 0.320 e. The van der Waals surface area contributed by atoms with Crippen LogP contribution in [0.2, 0.25) is 0 Å². The van der Waals surface area contributed by atoms with Crippen molar-refractivity contribution in [1.29, 1.82) is 0 Å². The van der Waals surface area contributed by atoms with E-state index in [0.717, 1.165) is 5.56 Å². The number of nitrogens with one attached hydrogen (secondary N) is 1. The van der Waals surface area contributed by atoms with E-state index in [-0.39, 0.29) is 18.4 Å². The summed E-state index contributed by atoms with van der Waals surface area (Å²) in [5.41, 5.74) is 1.45. The average molecular weight is 377 g/mol. The number of alkyl halides is 1. The second-order valence-corrected chi connectivity index (χ2v) is 5.39. The van der Waals surface area contributed by atoms with Crippen LogP contribution in [-0.4, -0.2) is 36.6 Å². The molecule has 1 atom stereocenters. The highest BCUT2D eigenvalue weighted by atomic mass is 127. The molecule has 0 aliphatic heterocycles. The molecule has 0 spiro atoms. The lowest BCUT2D eigenvalue weighted by molar-refractivity contribution is -0.139. The lowest BCUT2D eigenvalue weighted by Gasteiger charge is -2.10. The molecule has 0 fully saturated rings. The van der Waals surface area contributed by atoms with E-state index in [2.05, 4.69) is 10.1 Å². The van der Waals surface area contributed by atoms with Crippen molar-refractivity contribution < 1.29 is 19.1 Å². The molecule has 0 radical (unpaired) electrons. The van der Waals surface area contributed by atoms with Gasteiger partial charge in [0.25, 0.3) is 5.91 Å². The third-order valence-corrected chi connectivity index (χ3v) is 3.52. The molecule has 1 N–H and O–H groups in total. The van der Waals surface area contributed by atoms with Crippen LogP contribution in [0.1, 0.15) is 15.9 Å². The molecule has 104 valence electrons. The van der Waals surface area contributed by atoms with Gasteiger partial charge in [-0.3, -0.25) is 9.59 Å². The van der Waals surface area contributed by atoms with Crippen molar-refractivity contribution in [2.75, 3.05) is 20.8 Å². The van der Waals surface area contributed by atoms with Gasteiger partial charge in [0.05, 0.1) is 14.2 Å². The van der Waals surface area contributed by atoms with E-state index >= 15 is 0 Å². The van der Waals surface area contributed by atoms with Gasteiger partial charge in [0.1, 0.15) is 9.67 Å². The molecule has 1 amide bonds. The highest BCUT2D eigenvalue weighted by molar-refractivity contribution is 14.1. The number of carbonyl (C=O) groups is 2. The van der Waals surface area contributed by atoms with Crippen molar-refractivity contribution in [3.63, 3.8) is 0 Å². The molecule has 0 heterocycles. The van der Waals surface area contributed by atoms with E-state index < -0.39 is 3.92 Å². The SMILES string of the molecule is COC(=O)C(I)CNC(=O)c1ccc(C)c(OC)c1. The molecule has 1 aromatic rings. The van der Waals surface area contributed by atoms with Crippen LogP contribution in [0.15, 0.2) is 18.2 Å². The van der Waals surface area contributed by atoms with Gasteiger partial charge in [-0.15, -0.1) is 0 Å². The number of halogens is 1. The molecule has 19 heavy (non-hydrogen) atoms. The summed E-state index contributed by atoms with van der Waals surface area (Å²) >= 11 is 1.93. The molecular formula is C13H16INO4. The van der Waals surface area contributed by atoms with Crippen molar-refractivity contribution in [3.8, 4) is 5.75 Å². The quantitative estimate of drug-likeness (QED) is 0.482. The van der Waals surface area contributed by atoms with Gasteiger partial charge >= 0.3 is 5.97 Å². The first-order chi connectivity index (χ1) is 8.99. The van der Waals surface area contributed by atoms with E-state index in [1.807, 2.05) is 35.6 Å². The van der Waals surface area contributed by atoms with E-state index in [4.69, 9.17) is 4.74 Å². The molecule has 0 aliphatic carbocycles. The predicted octanol–water partition coefficient (Wildman–Crippen LogP) is 1.71. The highest BCUT2D eigenvalue weighted by Gasteiger charge is 2.16. The van der Waals surface area contributed by atoms with E-state index in [9.17, 15) is 9.59 Å². The fourth-order valence-corrected chi connectivity index (χ4v) is 1.93. The predicted molar refractivity (Wildman–Crippen MR) is 79.9 cm³/mol. The van der Waals surface area contributed by atoms with Crippen LogP contribution in [0.4, 0.5) is 0 Å². The first-order valence-electron chi connectivity index (χ1n) is 5.64. The number of esters is 1. The molecule has 0 saturated heterocycles. The van der Waals surface area contributed by atoms with Crippen LogP contribution < -0.4 is 10.1 Å². The average Bonchev–Trinajstić information content (AvgIpc) is 2.43. The van der Waals surface area contributed by atoms with Crippen molar-refractivity contribution in [1.82, 2.24) is 5.32 Å². The number of rotatable bonds is 5. The van der Waals surface area contributed by atoms with Gasteiger partial charge in [-0.1, -0.05) is 28.7 Å². The van der Waals surface area contributed by atoms with Gasteiger partial charge < -0.3 is 14.8 Å². The monoisotopic (exact) mass is 377 g/mol. The Kier molecular flexibility index (Phi) is 6.07. The minimum Gasteiger partial charge on any atom is -0.496 e. The van der Waals surface area contributed by atoms with Gasteiger partial charge in [-0.05, 0) is 24.6 Å². The van der Waals surface area contributed by atoms with Crippen LogP contribution in [0.25, 0.3) is 0 Å². The van der Waals surface area contributed by atoms with Crippen molar-refractivity contribution >= 4 is 34.5 Å². The maximum atomic E-state index is 11.9. The third kappa shape index (κ3) is 4.38. The first kappa shape index (κ1) is 15.7. The van der Waals surface area contributed by atoms with Crippen LogP contribution in [0, 0.1) is 6.92 Å². The Bertz CT molecular complexity index is 476. The number of methoxy groups -OCH3 is 2. The van der Waals surface area contributed by atoms with Crippen LogP contribution in [-0.2, 0) is 9.53 Å². The molecule has 6 heteroatoms. The molecule has 0 aromatic heterocycles. The number of ether oxygens (including phenoxy) is 2. The van der Waals surface area contributed by atoms with Crippen LogP contribution in [0.5, 0.6) is 5.75 Å². The molecule has 1 unspecified atom stereocenters. The highest BCUT2D eigenvalue weighted by Crippen LogP contribution is 2.18. The summed E-state index contributed by atoms with van der Waals surface area (Å²) in [7, 11) is 2.88. The molecule has 1 aromatic carbocycles. The number of hydrogen-bond donors (Lipinski definition) is 1. The van der Waals surface area contributed by atoms with Crippen LogP contribution >= 0.6 is 22.6 Å². The van der Waals surface area contributed by atoms with Crippen molar-refractivity contribution in [3.05, 3.63) is 29.3 Å². The Morgan fingerprint density at radius 3 is 2.63 bits per heavy atom. The van der Waals surface area contributed by atoms with Gasteiger partial charge in [0, 0.05) is 12.1 Å². The largest absolute Gasteiger partial charge is 0.496 e. The summed E-state index contributed by atoms with van der Waals surface area (Å²) in [6, 6.07) is 5.20. The summed E-state index contributed by atoms with van der Waals surface area (Å²) in [4.78, 5) is 23.1. The Labute approximate surface area is 125 Å². The van der Waals surface area contributed by atoms with Gasteiger partial charge in [-0.2, -0.15) is 0 Å². The number of hydrogen-bond acceptors (Lipinski definition) is 4. The van der Waals surface area contributed by atoms with Gasteiger partial charge in [0.15, 0.2) is 0 Å². The summed E-state index contributed by atoms with van der Waals surface area (Å²) in [5.74, 6) is 0.0536. The first-order valence-corrected chi connectivity index (χ1v) is 6.89. The zero-order valence-corrected chi connectivity index (χ0v) is 13.2. The molecule has 5 nitrogen and oxygen atoms in total. The lowest BCUT2D eigenvalue weighted by Crippen LogP contribution is -2.33. The lowest BCUT2D eigenvalue weighted by atomic mass is 10.1. The minimum atomic E-state index is -0.404. The molecule has 0 aliphatic rings. The molecule has 0 saturated carbocycles. The number of benzene rings is 1.